The van der Waals surface area contributed by atoms with Crippen LogP contribution in [-0.4, -0.2) is 41.3 Å². The zero-order valence-electron chi connectivity index (χ0n) is 12.2. The minimum Gasteiger partial charge on any atom is -0.331 e. The van der Waals surface area contributed by atoms with E-state index in [9.17, 15) is 9.59 Å². The average Bonchev–Trinajstić information content (AvgIpc) is 2.56. The molecule has 2 atom stereocenters. The number of likely N-dealkylation sites (tertiary alicyclic amines) is 1. The van der Waals surface area contributed by atoms with E-state index in [-0.39, 0.29) is 23.8 Å². The van der Waals surface area contributed by atoms with Crippen LogP contribution >= 0.6 is 0 Å². The SMILES string of the molecule is CC(=O)[C@H](CC(C)C)N1CC[C@H](NC(C)C)C1=O. The summed E-state index contributed by atoms with van der Waals surface area (Å²) in [6.45, 7) is 10.5. The third-order valence-electron chi connectivity index (χ3n) is 3.31. The van der Waals surface area contributed by atoms with Crippen LogP contribution in [0.15, 0.2) is 0 Å². The lowest BCUT2D eigenvalue weighted by Crippen LogP contribution is -2.47. The third kappa shape index (κ3) is 3.80. The lowest BCUT2D eigenvalue weighted by molar-refractivity contribution is -0.137. The molecule has 0 aliphatic carbocycles. The molecule has 0 unspecified atom stereocenters. The molecule has 1 fully saturated rings. The number of nitrogens with zero attached hydrogens (tertiary/aromatic N) is 1. The van der Waals surface area contributed by atoms with Crippen LogP contribution in [0.25, 0.3) is 0 Å². The van der Waals surface area contributed by atoms with Gasteiger partial charge in [-0.15, -0.1) is 0 Å². The van der Waals surface area contributed by atoms with Crippen LogP contribution in [-0.2, 0) is 9.59 Å². The molecule has 1 rings (SSSR count). The van der Waals surface area contributed by atoms with E-state index in [4.69, 9.17) is 0 Å². The van der Waals surface area contributed by atoms with Gasteiger partial charge >= 0.3 is 0 Å². The van der Waals surface area contributed by atoms with Gasteiger partial charge in [0.25, 0.3) is 0 Å². The van der Waals surface area contributed by atoms with E-state index in [0.717, 1.165) is 12.8 Å². The Morgan fingerprint density at radius 2 is 2.00 bits per heavy atom. The maximum Gasteiger partial charge on any atom is 0.240 e. The van der Waals surface area contributed by atoms with Crippen LogP contribution in [0.1, 0.15) is 47.5 Å². The van der Waals surface area contributed by atoms with Gasteiger partial charge in [-0.2, -0.15) is 0 Å². The van der Waals surface area contributed by atoms with Crippen LogP contribution in [0.4, 0.5) is 0 Å². The summed E-state index contributed by atoms with van der Waals surface area (Å²) in [5.74, 6) is 0.607. The molecule has 0 aromatic rings. The number of ketones is 1. The Labute approximate surface area is 110 Å². The van der Waals surface area contributed by atoms with Crippen molar-refractivity contribution in [1.82, 2.24) is 10.2 Å². The monoisotopic (exact) mass is 254 g/mol. The van der Waals surface area contributed by atoms with Crippen molar-refractivity contribution in [2.75, 3.05) is 6.54 Å². The standard InChI is InChI=1S/C14H26N2O2/c1-9(2)8-13(11(5)17)16-7-6-12(14(16)18)15-10(3)4/h9-10,12-13,15H,6-8H2,1-5H3/t12-,13-/m0/s1. The fraction of sp³-hybridized carbons (Fsp3) is 0.857. The molecule has 0 aromatic carbocycles. The minimum absolute atomic E-state index is 0.0875. The van der Waals surface area contributed by atoms with Gasteiger partial charge in [-0.05, 0) is 25.7 Å². The lowest BCUT2D eigenvalue weighted by Gasteiger charge is -2.27. The van der Waals surface area contributed by atoms with E-state index < -0.39 is 0 Å². The second-order valence-corrected chi connectivity index (χ2v) is 5.95. The molecule has 1 heterocycles. The van der Waals surface area contributed by atoms with E-state index in [0.29, 0.717) is 18.5 Å². The normalized spacial score (nSPS) is 22.1. The van der Waals surface area contributed by atoms with Crippen molar-refractivity contribution in [1.29, 1.82) is 0 Å². The molecule has 0 saturated carbocycles. The highest BCUT2D eigenvalue weighted by Gasteiger charge is 2.37. The van der Waals surface area contributed by atoms with Crippen molar-refractivity contribution in [2.24, 2.45) is 5.92 Å². The van der Waals surface area contributed by atoms with E-state index in [1.54, 1.807) is 11.8 Å². The molecule has 1 aliphatic rings. The van der Waals surface area contributed by atoms with Gasteiger partial charge in [0.15, 0.2) is 5.78 Å². The summed E-state index contributed by atoms with van der Waals surface area (Å²) < 4.78 is 0. The van der Waals surface area contributed by atoms with E-state index in [1.165, 1.54) is 0 Å². The molecule has 1 saturated heterocycles. The maximum atomic E-state index is 12.3. The molecular weight excluding hydrogens is 228 g/mol. The quantitative estimate of drug-likeness (QED) is 0.783. The Balaban J connectivity index is 2.71. The van der Waals surface area contributed by atoms with Crippen molar-refractivity contribution in [3.05, 3.63) is 0 Å². The third-order valence-corrected chi connectivity index (χ3v) is 3.31. The highest BCUT2D eigenvalue weighted by Crippen LogP contribution is 2.20. The predicted molar refractivity (Wildman–Crippen MR) is 72.3 cm³/mol. The van der Waals surface area contributed by atoms with Crippen molar-refractivity contribution in [3.63, 3.8) is 0 Å². The summed E-state index contributed by atoms with van der Waals surface area (Å²) >= 11 is 0. The summed E-state index contributed by atoms with van der Waals surface area (Å²) in [7, 11) is 0. The van der Waals surface area contributed by atoms with Crippen molar-refractivity contribution >= 4 is 11.7 Å². The summed E-state index contributed by atoms with van der Waals surface area (Å²) in [5.41, 5.74) is 0. The van der Waals surface area contributed by atoms with Crippen LogP contribution in [0.3, 0.4) is 0 Å². The van der Waals surface area contributed by atoms with Crippen molar-refractivity contribution < 1.29 is 9.59 Å². The summed E-state index contributed by atoms with van der Waals surface area (Å²) in [4.78, 5) is 25.8. The number of hydrogen-bond acceptors (Lipinski definition) is 3. The first-order valence-corrected chi connectivity index (χ1v) is 6.90. The Morgan fingerprint density at radius 1 is 1.39 bits per heavy atom. The number of rotatable bonds is 6. The molecule has 18 heavy (non-hydrogen) atoms. The van der Waals surface area contributed by atoms with E-state index >= 15 is 0 Å². The smallest absolute Gasteiger partial charge is 0.240 e. The molecule has 0 bridgehead atoms. The summed E-state index contributed by atoms with van der Waals surface area (Å²) in [6, 6.07) is -0.0600. The molecule has 4 nitrogen and oxygen atoms in total. The van der Waals surface area contributed by atoms with E-state index in [1.807, 2.05) is 13.8 Å². The maximum absolute atomic E-state index is 12.3. The largest absolute Gasteiger partial charge is 0.331 e. The minimum atomic E-state index is -0.239. The first-order valence-electron chi connectivity index (χ1n) is 6.90. The molecule has 1 amide bonds. The topological polar surface area (TPSA) is 49.4 Å². The fourth-order valence-corrected chi connectivity index (χ4v) is 2.53. The van der Waals surface area contributed by atoms with Crippen LogP contribution in [0.2, 0.25) is 0 Å². The van der Waals surface area contributed by atoms with Gasteiger partial charge in [0.1, 0.15) is 0 Å². The molecule has 1 N–H and O–H groups in total. The molecule has 104 valence electrons. The second kappa shape index (κ2) is 6.32. The highest BCUT2D eigenvalue weighted by atomic mass is 16.2. The van der Waals surface area contributed by atoms with Crippen LogP contribution in [0.5, 0.6) is 0 Å². The average molecular weight is 254 g/mol. The number of nitrogens with one attached hydrogen (secondary N) is 1. The predicted octanol–water partition coefficient (Wildman–Crippen LogP) is 1.59. The number of carbonyl (C=O) groups excluding carboxylic acids is 2. The van der Waals surface area contributed by atoms with Crippen molar-refractivity contribution in [2.45, 2.75) is 65.6 Å². The number of carbonyl (C=O) groups is 2. The van der Waals surface area contributed by atoms with Crippen molar-refractivity contribution in [3.8, 4) is 0 Å². The zero-order chi connectivity index (χ0) is 13.9. The number of Topliss-reactive ketones (excluding diaryl/α,β-unsaturated/α-hetero) is 1. The Hall–Kier alpha value is -0.900. The number of hydrogen-bond donors (Lipinski definition) is 1. The zero-order valence-corrected chi connectivity index (χ0v) is 12.2. The van der Waals surface area contributed by atoms with Gasteiger partial charge in [-0.25, -0.2) is 0 Å². The van der Waals surface area contributed by atoms with Crippen LogP contribution < -0.4 is 5.32 Å². The second-order valence-electron chi connectivity index (χ2n) is 5.95. The lowest BCUT2D eigenvalue weighted by atomic mass is 10.00. The molecule has 0 spiro atoms. The highest BCUT2D eigenvalue weighted by molar-refractivity contribution is 5.91. The molecule has 4 heteroatoms. The van der Waals surface area contributed by atoms with Gasteiger partial charge in [0.2, 0.25) is 5.91 Å². The van der Waals surface area contributed by atoms with Gasteiger partial charge in [0.05, 0.1) is 12.1 Å². The summed E-state index contributed by atoms with van der Waals surface area (Å²) in [6.07, 6.45) is 1.56. The molecular formula is C14H26N2O2. The Morgan fingerprint density at radius 3 is 2.44 bits per heavy atom. The van der Waals surface area contributed by atoms with Gasteiger partial charge in [-0.1, -0.05) is 27.7 Å². The first kappa shape index (κ1) is 15.2. The fourth-order valence-electron chi connectivity index (χ4n) is 2.53. The molecule has 0 aromatic heterocycles. The van der Waals surface area contributed by atoms with Gasteiger partial charge in [-0.3, -0.25) is 9.59 Å². The van der Waals surface area contributed by atoms with Crippen LogP contribution in [0, 0.1) is 5.92 Å². The van der Waals surface area contributed by atoms with E-state index in [2.05, 4.69) is 19.2 Å². The Kier molecular flexibility index (Phi) is 5.32. The van der Waals surface area contributed by atoms with Gasteiger partial charge < -0.3 is 10.2 Å². The number of amides is 1. The Bertz CT molecular complexity index is 313. The first-order chi connectivity index (χ1) is 8.32. The molecule has 0 radical (unpaired) electrons. The molecule has 1 aliphatic heterocycles. The summed E-state index contributed by atoms with van der Waals surface area (Å²) in [5, 5.41) is 3.27. The van der Waals surface area contributed by atoms with Gasteiger partial charge in [0, 0.05) is 12.6 Å².